The number of rotatable bonds is 3. The molecule has 0 aliphatic rings. The average molecular weight is 219 g/mol. The molecule has 1 aromatic rings. The standard InChI is InChI=1S/C11H13N3O2/c1-7-4-8(2)14-11(9(7)5-12)13-6-10(15)16-3/h4H,6H2,1-3H3,(H,13,14). The Balaban J connectivity index is 2.95. The fraction of sp³-hybridized carbons (Fsp3) is 0.364. The van der Waals surface area contributed by atoms with Crippen molar-refractivity contribution in [1.29, 1.82) is 5.26 Å². The minimum Gasteiger partial charge on any atom is -0.468 e. The highest BCUT2D eigenvalue weighted by Crippen LogP contribution is 2.17. The number of methoxy groups -OCH3 is 1. The van der Waals surface area contributed by atoms with Gasteiger partial charge in [0.05, 0.1) is 12.7 Å². The monoisotopic (exact) mass is 219 g/mol. The van der Waals surface area contributed by atoms with Crippen LogP contribution in [0.2, 0.25) is 0 Å². The van der Waals surface area contributed by atoms with E-state index in [0.29, 0.717) is 11.4 Å². The minimum atomic E-state index is -0.398. The van der Waals surface area contributed by atoms with Crippen LogP contribution in [0.4, 0.5) is 5.82 Å². The summed E-state index contributed by atoms with van der Waals surface area (Å²) in [6, 6.07) is 3.88. The molecule has 1 heterocycles. The van der Waals surface area contributed by atoms with Gasteiger partial charge in [-0.3, -0.25) is 4.79 Å². The highest BCUT2D eigenvalue weighted by atomic mass is 16.5. The lowest BCUT2D eigenvalue weighted by atomic mass is 10.1. The van der Waals surface area contributed by atoms with E-state index in [9.17, 15) is 4.79 Å². The van der Waals surface area contributed by atoms with Crippen molar-refractivity contribution in [2.24, 2.45) is 0 Å². The molecule has 0 atom stereocenters. The van der Waals surface area contributed by atoms with Crippen molar-refractivity contribution in [3.8, 4) is 6.07 Å². The number of aryl methyl sites for hydroxylation is 2. The van der Waals surface area contributed by atoms with Crippen LogP contribution in [-0.4, -0.2) is 24.6 Å². The lowest BCUT2D eigenvalue weighted by molar-refractivity contribution is -0.138. The summed E-state index contributed by atoms with van der Waals surface area (Å²) in [5, 5.41) is 11.8. The molecular formula is C11H13N3O2. The maximum absolute atomic E-state index is 11.0. The lowest BCUT2D eigenvalue weighted by Crippen LogP contribution is -2.17. The Labute approximate surface area is 94.1 Å². The third-order valence-corrected chi connectivity index (χ3v) is 2.08. The molecule has 0 unspecified atom stereocenters. The zero-order valence-electron chi connectivity index (χ0n) is 9.50. The fourth-order valence-electron chi connectivity index (χ4n) is 1.33. The first-order chi connectivity index (χ1) is 7.58. The van der Waals surface area contributed by atoms with E-state index in [2.05, 4.69) is 21.1 Å². The topological polar surface area (TPSA) is 75.0 Å². The van der Waals surface area contributed by atoms with Gasteiger partial charge in [-0.05, 0) is 25.5 Å². The Bertz CT molecular complexity index is 449. The zero-order valence-corrected chi connectivity index (χ0v) is 9.50. The molecule has 0 radical (unpaired) electrons. The predicted molar refractivity (Wildman–Crippen MR) is 58.9 cm³/mol. The number of nitrogens with one attached hydrogen (secondary N) is 1. The number of esters is 1. The van der Waals surface area contributed by atoms with Crippen molar-refractivity contribution < 1.29 is 9.53 Å². The van der Waals surface area contributed by atoms with Gasteiger partial charge in [0.2, 0.25) is 0 Å². The Morgan fingerprint density at radius 1 is 1.62 bits per heavy atom. The van der Waals surface area contributed by atoms with Crippen LogP contribution >= 0.6 is 0 Å². The molecule has 5 heteroatoms. The van der Waals surface area contributed by atoms with Crippen molar-refractivity contribution >= 4 is 11.8 Å². The van der Waals surface area contributed by atoms with Crippen LogP contribution in [0.3, 0.4) is 0 Å². The first-order valence-corrected chi connectivity index (χ1v) is 4.77. The Morgan fingerprint density at radius 3 is 2.88 bits per heavy atom. The number of pyridine rings is 1. The van der Waals surface area contributed by atoms with Gasteiger partial charge in [-0.2, -0.15) is 5.26 Å². The number of hydrogen-bond acceptors (Lipinski definition) is 5. The van der Waals surface area contributed by atoms with Crippen LogP contribution in [0.15, 0.2) is 6.07 Å². The first kappa shape index (κ1) is 12.0. The smallest absolute Gasteiger partial charge is 0.325 e. The number of nitriles is 1. The summed E-state index contributed by atoms with van der Waals surface area (Å²) < 4.78 is 4.49. The van der Waals surface area contributed by atoms with Gasteiger partial charge in [-0.25, -0.2) is 4.98 Å². The molecular weight excluding hydrogens is 206 g/mol. The largest absolute Gasteiger partial charge is 0.468 e. The van der Waals surface area contributed by atoms with Crippen LogP contribution in [0.5, 0.6) is 0 Å². The molecule has 0 bridgehead atoms. The van der Waals surface area contributed by atoms with E-state index in [-0.39, 0.29) is 6.54 Å². The molecule has 0 aliphatic carbocycles. The number of ether oxygens (including phenoxy) is 1. The summed E-state index contributed by atoms with van der Waals surface area (Å²) in [6.45, 7) is 3.66. The summed E-state index contributed by atoms with van der Waals surface area (Å²) in [4.78, 5) is 15.1. The van der Waals surface area contributed by atoms with Gasteiger partial charge in [0.15, 0.2) is 0 Å². The Kier molecular flexibility index (Phi) is 3.84. The third kappa shape index (κ3) is 2.70. The Morgan fingerprint density at radius 2 is 2.31 bits per heavy atom. The van der Waals surface area contributed by atoms with Crippen molar-refractivity contribution in [2.75, 3.05) is 19.0 Å². The molecule has 84 valence electrons. The van der Waals surface area contributed by atoms with Gasteiger partial charge in [-0.1, -0.05) is 0 Å². The molecule has 16 heavy (non-hydrogen) atoms. The predicted octanol–water partition coefficient (Wildman–Crippen LogP) is 1.16. The van der Waals surface area contributed by atoms with Gasteiger partial charge >= 0.3 is 5.97 Å². The van der Waals surface area contributed by atoms with Gasteiger partial charge in [0, 0.05) is 5.69 Å². The molecule has 1 rings (SSSR count). The second kappa shape index (κ2) is 5.12. The van der Waals surface area contributed by atoms with Gasteiger partial charge in [0.1, 0.15) is 18.4 Å². The van der Waals surface area contributed by atoms with Crippen LogP contribution in [0.25, 0.3) is 0 Å². The van der Waals surface area contributed by atoms with Crippen molar-refractivity contribution in [1.82, 2.24) is 4.98 Å². The minimum absolute atomic E-state index is 0.00106. The highest BCUT2D eigenvalue weighted by Gasteiger charge is 2.09. The van der Waals surface area contributed by atoms with Crippen LogP contribution in [0, 0.1) is 25.2 Å². The first-order valence-electron chi connectivity index (χ1n) is 4.77. The van der Waals surface area contributed by atoms with Gasteiger partial charge in [0.25, 0.3) is 0 Å². The second-order valence-corrected chi connectivity index (χ2v) is 3.35. The van der Waals surface area contributed by atoms with Crippen LogP contribution in [-0.2, 0) is 9.53 Å². The van der Waals surface area contributed by atoms with E-state index in [4.69, 9.17) is 5.26 Å². The zero-order chi connectivity index (χ0) is 12.1. The summed E-state index contributed by atoms with van der Waals surface area (Å²) >= 11 is 0. The van der Waals surface area contributed by atoms with Crippen molar-refractivity contribution in [2.45, 2.75) is 13.8 Å². The molecule has 1 aromatic heterocycles. The molecule has 0 spiro atoms. The summed E-state index contributed by atoms with van der Waals surface area (Å²) in [5.74, 6) is 0.0234. The van der Waals surface area contributed by atoms with E-state index in [0.717, 1.165) is 11.3 Å². The number of carbonyl (C=O) groups is 1. The quantitative estimate of drug-likeness (QED) is 0.772. The van der Waals surface area contributed by atoms with E-state index in [1.807, 2.05) is 19.9 Å². The van der Waals surface area contributed by atoms with E-state index < -0.39 is 5.97 Å². The number of hydrogen-bond donors (Lipinski definition) is 1. The lowest BCUT2D eigenvalue weighted by Gasteiger charge is -2.09. The van der Waals surface area contributed by atoms with E-state index in [1.165, 1.54) is 7.11 Å². The SMILES string of the molecule is COC(=O)CNc1nc(C)cc(C)c1C#N. The average Bonchev–Trinajstić information content (AvgIpc) is 2.25. The summed E-state index contributed by atoms with van der Waals surface area (Å²) in [6.07, 6.45) is 0. The second-order valence-electron chi connectivity index (χ2n) is 3.35. The molecule has 0 saturated heterocycles. The molecule has 0 aromatic carbocycles. The summed E-state index contributed by atoms with van der Waals surface area (Å²) in [5.41, 5.74) is 2.08. The number of anilines is 1. The van der Waals surface area contributed by atoms with E-state index in [1.54, 1.807) is 0 Å². The molecule has 0 fully saturated rings. The molecule has 1 N–H and O–H groups in total. The Hall–Kier alpha value is -2.09. The molecule has 5 nitrogen and oxygen atoms in total. The fourth-order valence-corrected chi connectivity index (χ4v) is 1.33. The molecule has 0 saturated carbocycles. The summed E-state index contributed by atoms with van der Waals surface area (Å²) in [7, 11) is 1.31. The number of nitrogens with zero attached hydrogens (tertiary/aromatic N) is 2. The highest BCUT2D eigenvalue weighted by molar-refractivity contribution is 5.75. The number of carbonyl (C=O) groups excluding carboxylic acids is 1. The number of aromatic nitrogens is 1. The van der Waals surface area contributed by atoms with Crippen LogP contribution in [0.1, 0.15) is 16.8 Å². The van der Waals surface area contributed by atoms with Gasteiger partial charge in [-0.15, -0.1) is 0 Å². The van der Waals surface area contributed by atoms with E-state index >= 15 is 0 Å². The van der Waals surface area contributed by atoms with Crippen molar-refractivity contribution in [3.05, 3.63) is 22.9 Å². The van der Waals surface area contributed by atoms with Gasteiger partial charge < -0.3 is 10.1 Å². The maximum Gasteiger partial charge on any atom is 0.325 e. The maximum atomic E-state index is 11.0. The molecule has 0 aliphatic heterocycles. The normalized spacial score (nSPS) is 9.38. The molecule has 0 amide bonds. The van der Waals surface area contributed by atoms with Crippen LogP contribution < -0.4 is 5.32 Å². The van der Waals surface area contributed by atoms with Crippen molar-refractivity contribution in [3.63, 3.8) is 0 Å². The third-order valence-electron chi connectivity index (χ3n) is 2.08.